The van der Waals surface area contributed by atoms with Crippen molar-refractivity contribution in [2.75, 3.05) is 44.2 Å². The summed E-state index contributed by atoms with van der Waals surface area (Å²) in [6.07, 6.45) is -0.489. The number of rotatable bonds is 6. The fourth-order valence-corrected chi connectivity index (χ4v) is 3.81. The number of anilines is 1. The third kappa shape index (κ3) is 4.64. The summed E-state index contributed by atoms with van der Waals surface area (Å²) in [6.45, 7) is 6.99. The van der Waals surface area contributed by atoms with Gasteiger partial charge in [-0.3, -0.25) is 4.90 Å². The van der Waals surface area contributed by atoms with Gasteiger partial charge in [0, 0.05) is 38.4 Å². The quantitative estimate of drug-likeness (QED) is 0.711. The molecule has 0 spiro atoms. The summed E-state index contributed by atoms with van der Waals surface area (Å²) in [5.41, 5.74) is 2.58. The Balaban J connectivity index is 1.24. The lowest BCUT2D eigenvalue weighted by Gasteiger charge is -2.37. The summed E-state index contributed by atoms with van der Waals surface area (Å²) in [5, 5.41) is 12.8. The summed E-state index contributed by atoms with van der Waals surface area (Å²) >= 11 is 0. The van der Waals surface area contributed by atoms with Crippen molar-refractivity contribution < 1.29 is 9.84 Å². The molecule has 1 N–H and O–H groups in total. The molecule has 3 aromatic carbocycles. The van der Waals surface area contributed by atoms with Gasteiger partial charge < -0.3 is 14.7 Å². The van der Waals surface area contributed by atoms with Crippen LogP contribution in [0.5, 0.6) is 5.75 Å². The number of piperazine rings is 1. The SMILES string of the molecule is Cc1cccc(N2CCN(C[C@H](O)COc3ccc4ccccc4c3)CC2)c1. The average molecular weight is 377 g/mol. The first-order chi connectivity index (χ1) is 13.7. The smallest absolute Gasteiger partial charge is 0.120 e. The zero-order valence-electron chi connectivity index (χ0n) is 16.4. The molecule has 0 aliphatic carbocycles. The number of hydrogen-bond donors (Lipinski definition) is 1. The van der Waals surface area contributed by atoms with Gasteiger partial charge in [0.1, 0.15) is 18.5 Å². The van der Waals surface area contributed by atoms with E-state index < -0.39 is 6.10 Å². The lowest BCUT2D eigenvalue weighted by atomic mass is 10.1. The van der Waals surface area contributed by atoms with Crippen LogP contribution in [-0.4, -0.2) is 55.4 Å². The first-order valence-corrected chi connectivity index (χ1v) is 10.0. The van der Waals surface area contributed by atoms with Crippen molar-refractivity contribution >= 4 is 16.5 Å². The van der Waals surface area contributed by atoms with E-state index in [1.165, 1.54) is 16.6 Å². The van der Waals surface area contributed by atoms with Gasteiger partial charge in [-0.1, -0.05) is 42.5 Å². The second kappa shape index (κ2) is 8.63. The zero-order valence-corrected chi connectivity index (χ0v) is 16.4. The van der Waals surface area contributed by atoms with Crippen molar-refractivity contribution in [3.05, 3.63) is 72.3 Å². The second-order valence-electron chi connectivity index (χ2n) is 7.60. The van der Waals surface area contributed by atoms with E-state index in [2.05, 4.69) is 59.2 Å². The summed E-state index contributed by atoms with van der Waals surface area (Å²) in [7, 11) is 0. The van der Waals surface area contributed by atoms with Crippen LogP contribution < -0.4 is 9.64 Å². The molecule has 1 aliphatic heterocycles. The molecule has 0 unspecified atom stereocenters. The van der Waals surface area contributed by atoms with Gasteiger partial charge in [-0.15, -0.1) is 0 Å². The molecule has 0 amide bonds. The first kappa shape index (κ1) is 18.8. The van der Waals surface area contributed by atoms with Gasteiger partial charge in [-0.05, 0) is 47.5 Å². The van der Waals surface area contributed by atoms with Crippen LogP contribution >= 0.6 is 0 Å². The Morgan fingerprint density at radius 3 is 2.46 bits per heavy atom. The van der Waals surface area contributed by atoms with Gasteiger partial charge >= 0.3 is 0 Å². The summed E-state index contributed by atoms with van der Waals surface area (Å²) in [4.78, 5) is 4.74. The maximum atomic E-state index is 10.4. The Hall–Kier alpha value is -2.56. The molecule has 4 heteroatoms. The summed E-state index contributed by atoms with van der Waals surface area (Å²) in [6, 6.07) is 22.9. The highest BCUT2D eigenvalue weighted by Crippen LogP contribution is 2.21. The molecule has 1 atom stereocenters. The molecule has 4 nitrogen and oxygen atoms in total. The van der Waals surface area contributed by atoms with Crippen molar-refractivity contribution in [1.82, 2.24) is 4.90 Å². The van der Waals surface area contributed by atoms with Crippen LogP contribution in [0.1, 0.15) is 5.56 Å². The van der Waals surface area contributed by atoms with Crippen LogP contribution in [0.25, 0.3) is 10.8 Å². The van der Waals surface area contributed by atoms with Crippen LogP contribution in [0.3, 0.4) is 0 Å². The van der Waals surface area contributed by atoms with Gasteiger partial charge in [0.15, 0.2) is 0 Å². The monoisotopic (exact) mass is 376 g/mol. The molecule has 1 aliphatic rings. The van der Waals surface area contributed by atoms with Crippen molar-refractivity contribution in [2.45, 2.75) is 13.0 Å². The number of ether oxygens (including phenoxy) is 1. The normalized spacial score (nSPS) is 16.3. The molecular weight excluding hydrogens is 348 g/mol. The molecule has 4 rings (SSSR count). The summed E-state index contributed by atoms with van der Waals surface area (Å²) < 4.78 is 5.83. The minimum absolute atomic E-state index is 0.316. The van der Waals surface area contributed by atoms with Crippen LogP contribution in [-0.2, 0) is 0 Å². The zero-order chi connectivity index (χ0) is 19.3. The number of aliphatic hydroxyl groups excluding tert-OH is 1. The van der Waals surface area contributed by atoms with E-state index in [0.29, 0.717) is 13.2 Å². The molecule has 28 heavy (non-hydrogen) atoms. The molecule has 0 bridgehead atoms. The highest BCUT2D eigenvalue weighted by atomic mass is 16.5. The standard InChI is InChI=1S/C24H28N2O2/c1-19-5-4-8-22(15-19)26-13-11-25(12-14-26)17-23(27)18-28-24-10-9-20-6-2-3-7-21(20)16-24/h2-10,15-16,23,27H,11-14,17-18H2,1H3/t23-/m0/s1. The van der Waals surface area contributed by atoms with E-state index in [0.717, 1.165) is 37.3 Å². The van der Waals surface area contributed by atoms with E-state index >= 15 is 0 Å². The van der Waals surface area contributed by atoms with Gasteiger partial charge in [-0.25, -0.2) is 0 Å². The molecule has 0 aromatic heterocycles. The Morgan fingerprint density at radius 2 is 1.68 bits per heavy atom. The van der Waals surface area contributed by atoms with Crippen LogP contribution in [0.4, 0.5) is 5.69 Å². The highest BCUT2D eigenvalue weighted by molar-refractivity contribution is 5.83. The fourth-order valence-electron chi connectivity index (χ4n) is 3.81. The second-order valence-corrected chi connectivity index (χ2v) is 7.60. The highest BCUT2D eigenvalue weighted by Gasteiger charge is 2.19. The van der Waals surface area contributed by atoms with E-state index in [4.69, 9.17) is 4.74 Å². The number of benzene rings is 3. The average Bonchev–Trinajstić information content (AvgIpc) is 2.73. The number of aliphatic hydroxyl groups is 1. The molecule has 3 aromatic rings. The number of nitrogens with zero attached hydrogens (tertiary/aromatic N) is 2. The predicted molar refractivity (Wildman–Crippen MR) is 115 cm³/mol. The third-order valence-corrected chi connectivity index (χ3v) is 5.37. The van der Waals surface area contributed by atoms with Crippen molar-refractivity contribution in [3.8, 4) is 5.75 Å². The molecule has 146 valence electrons. The van der Waals surface area contributed by atoms with Crippen LogP contribution in [0.2, 0.25) is 0 Å². The number of fused-ring (bicyclic) bond motifs is 1. The first-order valence-electron chi connectivity index (χ1n) is 10.0. The minimum Gasteiger partial charge on any atom is -0.491 e. The molecule has 0 saturated carbocycles. The Bertz CT molecular complexity index is 919. The van der Waals surface area contributed by atoms with E-state index in [1.807, 2.05) is 24.3 Å². The minimum atomic E-state index is -0.489. The Morgan fingerprint density at radius 1 is 0.893 bits per heavy atom. The third-order valence-electron chi connectivity index (χ3n) is 5.37. The van der Waals surface area contributed by atoms with Crippen molar-refractivity contribution in [2.24, 2.45) is 0 Å². The Labute approximate surface area is 167 Å². The maximum absolute atomic E-state index is 10.4. The molecule has 1 saturated heterocycles. The summed E-state index contributed by atoms with van der Waals surface area (Å²) in [5.74, 6) is 0.807. The number of β-amino-alcohol motifs (C(OH)–C–C–N with tert-alkyl or cyclic N) is 1. The Kier molecular flexibility index (Phi) is 5.79. The van der Waals surface area contributed by atoms with Crippen molar-refractivity contribution in [1.29, 1.82) is 0 Å². The maximum Gasteiger partial charge on any atom is 0.120 e. The topological polar surface area (TPSA) is 35.9 Å². The van der Waals surface area contributed by atoms with Crippen LogP contribution in [0.15, 0.2) is 66.7 Å². The van der Waals surface area contributed by atoms with E-state index in [1.54, 1.807) is 0 Å². The lowest BCUT2D eigenvalue weighted by Crippen LogP contribution is -2.49. The molecule has 1 fully saturated rings. The fraction of sp³-hybridized carbons (Fsp3) is 0.333. The largest absolute Gasteiger partial charge is 0.491 e. The van der Waals surface area contributed by atoms with Crippen LogP contribution in [0, 0.1) is 6.92 Å². The van der Waals surface area contributed by atoms with Gasteiger partial charge in [0.05, 0.1) is 0 Å². The molecule has 0 radical (unpaired) electrons. The molecule has 1 heterocycles. The van der Waals surface area contributed by atoms with E-state index in [9.17, 15) is 5.11 Å². The molecular formula is C24H28N2O2. The van der Waals surface area contributed by atoms with Gasteiger partial charge in [0.25, 0.3) is 0 Å². The van der Waals surface area contributed by atoms with Gasteiger partial charge in [-0.2, -0.15) is 0 Å². The van der Waals surface area contributed by atoms with Gasteiger partial charge in [0.2, 0.25) is 0 Å². The lowest BCUT2D eigenvalue weighted by molar-refractivity contribution is 0.0663. The predicted octanol–water partition coefficient (Wildman–Crippen LogP) is 3.71. The van der Waals surface area contributed by atoms with E-state index in [-0.39, 0.29) is 0 Å². The number of hydrogen-bond acceptors (Lipinski definition) is 4. The van der Waals surface area contributed by atoms with Crippen molar-refractivity contribution in [3.63, 3.8) is 0 Å². The number of aryl methyl sites for hydroxylation is 1.